The van der Waals surface area contributed by atoms with Crippen molar-refractivity contribution in [2.24, 2.45) is 0 Å². The molecule has 7 heteroatoms. The predicted molar refractivity (Wildman–Crippen MR) is 121 cm³/mol. The lowest BCUT2D eigenvalue weighted by molar-refractivity contribution is -0.131. The minimum Gasteiger partial charge on any atom is -0.494 e. The van der Waals surface area contributed by atoms with E-state index in [0.717, 1.165) is 5.56 Å². The summed E-state index contributed by atoms with van der Waals surface area (Å²) in [4.78, 5) is 36.0. The Morgan fingerprint density at radius 1 is 0.812 bits per heavy atom. The molecule has 2 N–H and O–H groups in total. The molecule has 7 nitrogen and oxygen atoms in total. The van der Waals surface area contributed by atoms with Crippen LogP contribution in [0.4, 0.5) is 5.69 Å². The van der Waals surface area contributed by atoms with Crippen molar-refractivity contribution in [1.29, 1.82) is 0 Å². The molecule has 0 saturated heterocycles. The number of rotatable bonds is 8. The van der Waals surface area contributed by atoms with Crippen LogP contribution in [0.1, 0.15) is 40.1 Å². The van der Waals surface area contributed by atoms with Gasteiger partial charge in [0.05, 0.1) is 6.61 Å². The van der Waals surface area contributed by atoms with Crippen molar-refractivity contribution in [3.63, 3.8) is 0 Å². The molecule has 0 bridgehead atoms. The third-order valence-corrected chi connectivity index (χ3v) is 4.42. The second-order valence-corrected chi connectivity index (χ2v) is 6.92. The van der Waals surface area contributed by atoms with Crippen LogP contribution in [0.15, 0.2) is 72.8 Å². The summed E-state index contributed by atoms with van der Waals surface area (Å²) in [6, 6.07) is 20.5. The van der Waals surface area contributed by atoms with Crippen LogP contribution in [-0.2, 0) is 11.3 Å². The smallest absolute Gasteiger partial charge is 0.308 e. The van der Waals surface area contributed by atoms with Crippen molar-refractivity contribution in [3.8, 4) is 11.5 Å². The maximum Gasteiger partial charge on any atom is 0.308 e. The molecule has 32 heavy (non-hydrogen) atoms. The van der Waals surface area contributed by atoms with Gasteiger partial charge in [0.1, 0.15) is 11.5 Å². The lowest BCUT2D eigenvalue weighted by atomic mass is 10.1. The first-order chi connectivity index (χ1) is 15.4. The number of nitrogens with one attached hydrogen (secondary N) is 2. The normalized spacial score (nSPS) is 10.2. The standard InChI is InChI=1S/C25H24N2O5/c1-3-31-22-12-10-19(11-13-22)24(29)26-16-18-6-4-8-21(14-18)27-25(30)20-7-5-9-23(15-20)32-17(2)28/h4-15H,3,16H2,1-2H3,(H,26,29)(H,27,30). The molecule has 0 saturated carbocycles. The highest BCUT2D eigenvalue weighted by Crippen LogP contribution is 2.17. The molecule has 0 aliphatic heterocycles. The van der Waals surface area contributed by atoms with E-state index in [0.29, 0.717) is 41.5 Å². The van der Waals surface area contributed by atoms with Crippen LogP contribution in [0.5, 0.6) is 11.5 Å². The molecule has 0 aromatic heterocycles. The maximum absolute atomic E-state index is 12.6. The minimum atomic E-state index is -0.456. The zero-order valence-corrected chi connectivity index (χ0v) is 17.9. The summed E-state index contributed by atoms with van der Waals surface area (Å²) in [6.07, 6.45) is 0. The second-order valence-electron chi connectivity index (χ2n) is 6.92. The number of anilines is 1. The number of esters is 1. The summed E-state index contributed by atoms with van der Waals surface area (Å²) in [5.41, 5.74) is 2.31. The van der Waals surface area contributed by atoms with Crippen LogP contribution in [0.2, 0.25) is 0 Å². The average molecular weight is 432 g/mol. The Labute approximate surface area is 186 Å². The van der Waals surface area contributed by atoms with Gasteiger partial charge in [-0.25, -0.2) is 0 Å². The first-order valence-corrected chi connectivity index (χ1v) is 10.1. The Morgan fingerprint density at radius 2 is 1.56 bits per heavy atom. The van der Waals surface area contributed by atoms with Crippen molar-refractivity contribution in [3.05, 3.63) is 89.5 Å². The quantitative estimate of drug-likeness (QED) is 0.411. The zero-order valence-electron chi connectivity index (χ0n) is 17.9. The molecule has 0 heterocycles. The summed E-state index contributed by atoms with van der Waals surface area (Å²) in [5.74, 6) is 0.0173. The third kappa shape index (κ3) is 6.43. The van der Waals surface area contributed by atoms with E-state index in [4.69, 9.17) is 9.47 Å². The van der Waals surface area contributed by atoms with E-state index in [-0.39, 0.29) is 11.8 Å². The van der Waals surface area contributed by atoms with Gasteiger partial charge in [-0.1, -0.05) is 18.2 Å². The number of ether oxygens (including phenoxy) is 2. The van der Waals surface area contributed by atoms with E-state index >= 15 is 0 Å². The Bertz CT molecular complexity index is 1110. The van der Waals surface area contributed by atoms with Crippen molar-refractivity contribution in [2.75, 3.05) is 11.9 Å². The van der Waals surface area contributed by atoms with Crippen molar-refractivity contribution >= 4 is 23.5 Å². The number of benzene rings is 3. The molecule has 3 aromatic rings. The summed E-state index contributed by atoms with van der Waals surface area (Å²) in [5, 5.41) is 5.67. The van der Waals surface area contributed by atoms with Gasteiger partial charge >= 0.3 is 5.97 Å². The molecule has 0 unspecified atom stereocenters. The third-order valence-electron chi connectivity index (χ3n) is 4.42. The Kier molecular flexibility index (Phi) is 7.59. The summed E-state index contributed by atoms with van der Waals surface area (Å²) in [7, 11) is 0. The number of amides is 2. The van der Waals surface area contributed by atoms with Crippen molar-refractivity contribution < 1.29 is 23.9 Å². The van der Waals surface area contributed by atoms with Gasteiger partial charge in [-0.2, -0.15) is 0 Å². The highest BCUT2D eigenvalue weighted by Gasteiger charge is 2.10. The van der Waals surface area contributed by atoms with Crippen LogP contribution in [0, 0.1) is 0 Å². The molecule has 0 atom stereocenters. The Morgan fingerprint density at radius 3 is 2.28 bits per heavy atom. The van der Waals surface area contributed by atoms with Gasteiger partial charge in [-0.15, -0.1) is 0 Å². The molecule has 0 fully saturated rings. The highest BCUT2D eigenvalue weighted by molar-refractivity contribution is 6.04. The first-order valence-electron chi connectivity index (χ1n) is 10.1. The molecule has 0 radical (unpaired) electrons. The predicted octanol–water partition coefficient (Wildman–Crippen LogP) is 4.19. The summed E-state index contributed by atoms with van der Waals surface area (Å²) < 4.78 is 10.4. The Balaban J connectivity index is 1.59. The fraction of sp³-hybridized carbons (Fsp3) is 0.160. The largest absolute Gasteiger partial charge is 0.494 e. The number of hydrogen-bond acceptors (Lipinski definition) is 5. The number of hydrogen-bond donors (Lipinski definition) is 2. The molecule has 3 aromatic carbocycles. The van der Waals surface area contributed by atoms with Gasteiger partial charge in [-0.05, 0) is 67.1 Å². The monoisotopic (exact) mass is 432 g/mol. The summed E-state index contributed by atoms with van der Waals surface area (Å²) >= 11 is 0. The van der Waals surface area contributed by atoms with Gasteiger partial charge < -0.3 is 20.1 Å². The molecule has 2 amide bonds. The highest BCUT2D eigenvalue weighted by atomic mass is 16.5. The lowest BCUT2D eigenvalue weighted by Crippen LogP contribution is -2.22. The van der Waals surface area contributed by atoms with Crippen LogP contribution in [0.25, 0.3) is 0 Å². The van der Waals surface area contributed by atoms with Crippen LogP contribution in [-0.4, -0.2) is 24.4 Å². The van der Waals surface area contributed by atoms with Crippen LogP contribution >= 0.6 is 0 Å². The number of carbonyl (C=O) groups is 3. The van der Waals surface area contributed by atoms with Crippen LogP contribution in [0.3, 0.4) is 0 Å². The lowest BCUT2D eigenvalue weighted by Gasteiger charge is -2.10. The first kappa shape index (κ1) is 22.6. The maximum atomic E-state index is 12.6. The topological polar surface area (TPSA) is 93.7 Å². The fourth-order valence-electron chi connectivity index (χ4n) is 2.98. The minimum absolute atomic E-state index is 0.204. The fourth-order valence-corrected chi connectivity index (χ4v) is 2.98. The van der Waals surface area contributed by atoms with Crippen molar-refractivity contribution in [1.82, 2.24) is 5.32 Å². The number of carbonyl (C=O) groups excluding carboxylic acids is 3. The molecule has 0 aliphatic rings. The molecule has 3 rings (SSSR count). The summed E-state index contributed by atoms with van der Waals surface area (Å²) in [6.45, 7) is 4.07. The Hall–Kier alpha value is -4.13. The second kappa shape index (κ2) is 10.8. The van der Waals surface area contributed by atoms with Gasteiger partial charge in [0.25, 0.3) is 11.8 Å². The van der Waals surface area contributed by atoms with Gasteiger partial charge in [-0.3, -0.25) is 14.4 Å². The molecule has 0 spiro atoms. The van der Waals surface area contributed by atoms with E-state index in [9.17, 15) is 14.4 Å². The van der Waals surface area contributed by atoms with E-state index in [1.54, 1.807) is 60.7 Å². The molecular formula is C25H24N2O5. The molecular weight excluding hydrogens is 408 g/mol. The van der Waals surface area contributed by atoms with E-state index < -0.39 is 5.97 Å². The van der Waals surface area contributed by atoms with Gasteiger partial charge in [0.2, 0.25) is 0 Å². The van der Waals surface area contributed by atoms with Crippen molar-refractivity contribution in [2.45, 2.75) is 20.4 Å². The van der Waals surface area contributed by atoms with E-state index in [1.165, 1.54) is 13.0 Å². The van der Waals surface area contributed by atoms with E-state index in [2.05, 4.69) is 10.6 Å². The van der Waals surface area contributed by atoms with Gasteiger partial charge in [0, 0.05) is 30.3 Å². The average Bonchev–Trinajstić information content (AvgIpc) is 2.78. The van der Waals surface area contributed by atoms with E-state index in [1.807, 2.05) is 13.0 Å². The van der Waals surface area contributed by atoms with Crippen LogP contribution < -0.4 is 20.1 Å². The molecule has 164 valence electrons. The van der Waals surface area contributed by atoms with Gasteiger partial charge in [0.15, 0.2) is 0 Å². The molecule has 0 aliphatic carbocycles. The SMILES string of the molecule is CCOc1ccc(C(=O)NCc2cccc(NC(=O)c3cccc(OC(C)=O)c3)c2)cc1. The zero-order chi connectivity index (χ0) is 22.9.